The number of amides is 2. The largest absolute Gasteiger partial charge is 0.418 e. The minimum Gasteiger partial charge on any atom is -0.336 e. The molecule has 1 heterocycles. The van der Waals surface area contributed by atoms with Gasteiger partial charge in [0.15, 0.2) is 0 Å². The number of anilines is 1. The summed E-state index contributed by atoms with van der Waals surface area (Å²) in [5, 5.41) is 14.1. The summed E-state index contributed by atoms with van der Waals surface area (Å²) in [6, 6.07) is 14.2. The molecule has 2 aromatic carbocycles. The number of thioether (sulfide) groups is 1. The van der Waals surface area contributed by atoms with Gasteiger partial charge in [0.2, 0.25) is 17.0 Å². The lowest BCUT2D eigenvalue weighted by Crippen LogP contribution is -2.36. The Morgan fingerprint density at radius 3 is 2.50 bits per heavy atom. The summed E-state index contributed by atoms with van der Waals surface area (Å²) in [5.41, 5.74) is -0.329. The lowest BCUT2D eigenvalue weighted by atomic mass is 10.1. The van der Waals surface area contributed by atoms with Gasteiger partial charge in [-0.25, -0.2) is 4.68 Å². The molecule has 0 aliphatic carbocycles. The highest BCUT2D eigenvalue weighted by molar-refractivity contribution is 7.99. The molecule has 168 valence electrons. The zero-order valence-corrected chi connectivity index (χ0v) is 17.7. The second-order valence-electron chi connectivity index (χ2n) is 6.73. The van der Waals surface area contributed by atoms with E-state index < -0.39 is 30.1 Å². The second-order valence-corrected chi connectivity index (χ2v) is 7.68. The second kappa shape index (κ2) is 10.3. The normalized spacial score (nSPS) is 11.2. The monoisotopic (exact) mass is 464 g/mol. The van der Waals surface area contributed by atoms with E-state index in [0.717, 1.165) is 34.4 Å². The van der Waals surface area contributed by atoms with E-state index in [0.29, 0.717) is 11.7 Å². The van der Waals surface area contributed by atoms with Crippen LogP contribution < -0.4 is 5.32 Å². The van der Waals surface area contributed by atoms with Gasteiger partial charge < -0.3 is 10.2 Å². The van der Waals surface area contributed by atoms with Crippen LogP contribution in [0.4, 0.5) is 18.9 Å². The van der Waals surface area contributed by atoms with Gasteiger partial charge in [0.25, 0.3) is 0 Å². The van der Waals surface area contributed by atoms with Crippen LogP contribution in [0.1, 0.15) is 11.1 Å². The molecule has 1 aromatic heterocycles. The van der Waals surface area contributed by atoms with E-state index in [2.05, 4.69) is 20.8 Å². The Kier molecular flexibility index (Phi) is 7.46. The molecule has 0 aliphatic rings. The third-order valence-electron chi connectivity index (χ3n) is 4.31. The molecule has 32 heavy (non-hydrogen) atoms. The molecule has 0 radical (unpaired) electrons. The third kappa shape index (κ3) is 6.30. The maximum Gasteiger partial charge on any atom is 0.418 e. The van der Waals surface area contributed by atoms with Crippen LogP contribution in [0.2, 0.25) is 0 Å². The summed E-state index contributed by atoms with van der Waals surface area (Å²) in [6.07, 6.45) is -4.61. The first-order valence-corrected chi connectivity index (χ1v) is 10.4. The number of hydrogen-bond donors (Lipinski definition) is 1. The number of nitrogens with zero attached hydrogens (tertiary/aromatic N) is 5. The van der Waals surface area contributed by atoms with Crippen LogP contribution in [-0.4, -0.2) is 56.3 Å². The van der Waals surface area contributed by atoms with E-state index in [1.54, 1.807) is 4.68 Å². The molecule has 8 nitrogen and oxygen atoms in total. The van der Waals surface area contributed by atoms with Gasteiger partial charge in [0.05, 0.1) is 30.1 Å². The first-order valence-electron chi connectivity index (χ1n) is 9.37. The average Bonchev–Trinajstić information content (AvgIpc) is 3.19. The first kappa shape index (κ1) is 23.3. The number of tetrazole rings is 1. The fourth-order valence-electron chi connectivity index (χ4n) is 2.72. The van der Waals surface area contributed by atoms with Crippen molar-refractivity contribution in [3.8, 4) is 0 Å². The predicted octanol–water partition coefficient (Wildman–Crippen LogP) is 2.93. The third-order valence-corrected chi connectivity index (χ3v) is 5.25. The van der Waals surface area contributed by atoms with Crippen molar-refractivity contribution in [1.82, 2.24) is 25.1 Å². The van der Waals surface area contributed by atoms with Gasteiger partial charge in [-0.05, 0) is 28.1 Å². The molecular weight excluding hydrogens is 445 g/mol. The van der Waals surface area contributed by atoms with Crippen molar-refractivity contribution in [3.05, 3.63) is 65.7 Å². The molecule has 0 saturated carbocycles. The molecule has 0 saturated heterocycles. The Bertz CT molecular complexity index is 1070. The number of halogens is 3. The lowest BCUT2D eigenvalue weighted by molar-refractivity contribution is -0.137. The van der Waals surface area contributed by atoms with Crippen LogP contribution in [0.3, 0.4) is 0 Å². The Labute approximate surface area is 185 Å². The summed E-state index contributed by atoms with van der Waals surface area (Å²) in [6.45, 7) is 0.0295. The number of carbonyl (C=O) groups excluding carboxylic acids is 2. The van der Waals surface area contributed by atoms with Crippen molar-refractivity contribution in [2.24, 2.45) is 0 Å². The van der Waals surface area contributed by atoms with Gasteiger partial charge in [-0.15, -0.1) is 5.10 Å². The Morgan fingerprint density at radius 2 is 1.78 bits per heavy atom. The number of alkyl halides is 3. The first-order chi connectivity index (χ1) is 15.2. The topological polar surface area (TPSA) is 93.0 Å². The van der Waals surface area contributed by atoms with Crippen LogP contribution >= 0.6 is 11.8 Å². The molecule has 3 rings (SSSR count). The van der Waals surface area contributed by atoms with Crippen molar-refractivity contribution < 1.29 is 22.8 Å². The summed E-state index contributed by atoms with van der Waals surface area (Å²) >= 11 is 1.10. The Hall–Kier alpha value is -3.41. The van der Waals surface area contributed by atoms with E-state index in [1.807, 2.05) is 30.3 Å². The smallest absolute Gasteiger partial charge is 0.336 e. The number of nitrogens with one attached hydrogen (secondary N) is 1. The van der Waals surface area contributed by atoms with Crippen LogP contribution in [0.15, 0.2) is 59.8 Å². The van der Waals surface area contributed by atoms with Gasteiger partial charge in [-0.3, -0.25) is 9.59 Å². The highest BCUT2D eigenvalue weighted by atomic mass is 32.2. The Morgan fingerprint density at radius 1 is 1.09 bits per heavy atom. The number of hydrogen-bond acceptors (Lipinski definition) is 6. The molecule has 1 N–H and O–H groups in total. The molecule has 2 amide bonds. The molecule has 0 bridgehead atoms. The maximum absolute atomic E-state index is 13.1. The predicted molar refractivity (Wildman–Crippen MR) is 112 cm³/mol. The van der Waals surface area contributed by atoms with Crippen molar-refractivity contribution >= 4 is 29.3 Å². The van der Waals surface area contributed by atoms with Crippen molar-refractivity contribution in [1.29, 1.82) is 0 Å². The molecule has 0 atom stereocenters. The summed E-state index contributed by atoms with van der Waals surface area (Å²) in [7, 11) is 1.39. The molecule has 3 aromatic rings. The SMILES string of the molecule is CN(CC(=O)Nc1ccccc1C(F)(F)F)C(=O)CSc1nnnn1Cc1ccccc1. The van der Waals surface area contributed by atoms with Crippen molar-refractivity contribution in [3.63, 3.8) is 0 Å². The lowest BCUT2D eigenvalue weighted by Gasteiger charge is -2.18. The highest BCUT2D eigenvalue weighted by Gasteiger charge is 2.33. The number of carbonyl (C=O) groups is 2. The molecular formula is C20H19F3N6O2S. The number of aromatic nitrogens is 4. The molecule has 0 aliphatic heterocycles. The quantitative estimate of drug-likeness (QED) is 0.516. The zero-order chi connectivity index (χ0) is 23.1. The van der Waals surface area contributed by atoms with Gasteiger partial charge in [0, 0.05) is 7.05 Å². The van der Waals surface area contributed by atoms with Crippen LogP contribution in [0, 0.1) is 0 Å². The van der Waals surface area contributed by atoms with Gasteiger partial charge in [-0.2, -0.15) is 13.2 Å². The fraction of sp³-hybridized carbons (Fsp3) is 0.250. The maximum atomic E-state index is 13.1. The van der Waals surface area contributed by atoms with Gasteiger partial charge in [-0.1, -0.05) is 54.2 Å². The molecule has 12 heteroatoms. The van der Waals surface area contributed by atoms with Crippen molar-refractivity contribution in [2.75, 3.05) is 24.7 Å². The minimum atomic E-state index is -4.61. The van der Waals surface area contributed by atoms with Crippen LogP contribution in [0.5, 0.6) is 0 Å². The Balaban J connectivity index is 1.53. The van der Waals surface area contributed by atoms with E-state index in [9.17, 15) is 22.8 Å². The number of benzene rings is 2. The summed E-state index contributed by atoms with van der Waals surface area (Å²) in [5.74, 6) is -1.18. The van der Waals surface area contributed by atoms with Gasteiger partial charge >= 0.3 is 6.18 Å². The molecule has 0 spiro atoms. The number of likely N-dealkylation sites (N-methyl/N-ethyl adjacent to an activating group) is 1. The summed E-state index contributed by atoms with van der Waals surface area (Å²) < 4.78 is 40.7. The van der Waals surface area contributed by atoms with E-state index >= 15 is 0 Å². The average molecular weight is 464 g/mol. The van der Waals surface area contributed by atoms with Crippen LogP contribution in [-0.2, 0) is 22.3 Å². The van der Waals surface area contributed by atoms with Gasteiger partial charge in [0.1, 0.15) is 0 Å². The molecule has 0 fully saturated rings. The summed E-state index contributed by atoms with van der Waals surface area (Å²) in [4.78, 5) is 25.7. The highest BCUT2D eigenvalue weighted by Crippen LogP contribution is 2.34. The minimum absolute atomic E-state index is 0.0436. The zero-order valence-electron chi connectivity index (χ0n) is 16.9. The number of rotatable bonds is 8. The van der Waals surface area contributed by atoms with E-state index in [-0.39, 0.29) is 11.4 Å². The standard InChI is InChI=1S/C20H19F3N6O2S/c1-28(12-17(30)24-16-10-6-5-9-15(16)20(21,22)23)18(31)13-32-19-25-26-27-29(19)11-14-7-3-2-4-8-14/h2-10H,11-13H2,1H3,(H,24,30). The molecule has 0 unspecified atom stereocenters. The van der Waals surface area contributed by atoms with E-state index in [1.165, 1.54) is 19.2 Å². The van der Waals surface area contributed by atoms with Crippen molar-refractivity contribution in [2.45, 2.75) is 17.9 Å². The van der Waals surface area contributed by atoms with Crippen LogP contribution in [0.25, 0.3) is 0 Å². The number of para-hydroxylation sites is 1. The van der Waals surface area contributed by atoms with E-state index in [4.69, 9.17) is 0 Å². The fourth-order valence-corrected chi connectivity index (χ4v) is 3.54.